The maximum atomic E-state index is 13.2. The van der Waals surface area contributed by atoms with Gasteiger partial charge in [0.1, 0.15) is 17.9 Å². The van der Waals surface area contributed by atoms with Gasteiger partial charge in [0.25, 0.3) is 0 Å². The van der Waals surface area contributed by atoms with E-state index in [1.54, 1.807) is 0 Å². The first kappa shape index (κ1) is 15.2. The second-order valence-corrected chi connectivity index (χ2v) is 4.80. The molecule has 0 spiro atoms. The van der Waals surface area contributed by atoms with Gasteiger partial charge in [-0.2, -0.15) is 0 Å². The summed E-state index contributed by atoms with van der Waals surface area (Å²) >= 11 is 0. The molecule has 0 saturated carbocycles. The Bertz CT molecular complexity index is 632. The maximum Gasteiger partial charge on any atom is 0.227 e. The summed E-state index contributed by atoms with van der Waals surface area (Å²) in [6.45, 7) is 6.64. The first-order valence-corrected chi connectivity index (χ1v) is 6.74. The number of rotatable bonds is 5. The third-order valence-corrected chi connectivity index (χ3v) is 2.87. The Labute approximate surface area is 122 Å². The Morgan fingerprint density at radius 2 is 1.95 bits per heavy atom. The fourth-order valence-electron chi connectivity index (χ4n) is 1.94. The quantitative estimate of drug-likeness (QED) is 0.901. The molecule has 0 saturated heterocycles. The van der Waals surface area contributed by atoms with Gasteiger partial charge in [-0.3, -0.25) is 0 Å². The summed E-state index contributed by atoms with van der Waals surface area (Å²) in [5.74, 6) is -0.554. The summed E-state index contributed by atoms with van der Waals surface area (Å²) in [6, 6.07) is 3.37. The van der Waals surface area contributed by atoms with E-state index in [9.17, 15) is 8.78 Å². The van der Waals surface area contributed by atoms with Crippen LogP contribution in [-0.4, -0.2) is 16.5 Å². The molecule has 6 heteroatoms. The zero-order valence-corrected chi connectivity index (χ0v) is 12.2. The molecule has 0 aliphatic rings. The first-order valence-electron chi connectivity index (χ1n) is 6.74. The van der Waals surface area contributed by atoms with E-state index in [1.165, 1.54) is 12.4 Å². The Kier molecular flexibility index (Phi) is 4.67. The SMILES string of the molecule is CCNc1ncnc(Oc2ccc(F)c(F)c2)c1C(C)C. The fraction of sp³-hybridized carbons (Fsp3) is 0.333. The molecule has 0 atom stereocenters. The summed E-state index contributed by atoms with van der Waals surface area (Å²) in [6.07, 6.45) is 1.37. The number of nitrogens with zero attached hydrogens (tertiary/aromatic N) is 2. The van der Waals surface area contributed by atoms with Crippen LogP contribution in [0.25, 0.3) is 0 Å². The molecule has 4 nitrogen and oxygen atoms in total. The monoisotopic (exact) mass is 293 g/mol. The molecular formula is C15H17F2N3O. The highest BCUT2D eigenvalue weighted by atomic mass is 19.2. The summed E-state index contributed by atoms with van der Waals surface area (Å²) in [7, 11) is 0. The van der Waals surface area contributed by atoms with Crippen molar-refractivity contribution >= 4 is 5.82 Å². The van der Waals surface area contributed by atoms with Gasteiger partial charge in [0.15, 0.2) is 11.6 Å². The van der Waals surface area contributed by atoms with Crippen molar-refractivity contribution in [1.82, 2.24) is 9.97 Å². The molecule has 0 amide bonds. The van der Waals surface area contributed by atoms with Gasteiger partial charge in [-0.1, -0.05) is 13.8 Å². The van der Waals surface area contributed by atoms with Gasteiger partial charge >= 0.3 is 0 Å². The van der Waals surface area contributed by atoms with Gasteiger partial charge in [0.2, 0.25) is 5.88 Å². The highest BCUT2D eigenvalue weighted by molar-refractivity contribution is 5.51. The third-order valence-electron chi connectivity index (χ3n) is 2.87. The van der Waals surface area contributed by atoms with Gasteiger partial charge in [-0.15, -0.1) is 0 Å². The molecule has 0 unspecified atom stereocenters. The van der Waals surface area contributed by atoms with Crippen LogP contribution in [0.4, 0.5) is 14.6 Å². The van der Waals surface area contributed by atoms with E-state index >= 15 is 0 Å². The molecule has 2 rings (SSSR count). The van der Waals surface area contributed by atoms with Crippen molar-refractivity contribution in [3.8, 4) is 11.6 Å². The Morgan fingerprint density at radius 3 is 2.57 bits per heavy atom. The van der Waals surface area contributed by atoms with E-state index < -0.39 is 11.6 Å². The number of hydrogen-bond donors (Lipinski definition) is 1. The van der Waals surface area contributed by atoms with E-state index in [0.29, 0.717) is 18.2 Å². The number of hydrogen-bond acceptors (Lipinski definition) is 4. The Morgan fingerprint density at radius 1 is 1.19 bits per heavy atom. The lowest BCUT2D eigenvalue weighted by molar-refractivity contribution is 0.439. The van der Waals surface area contributed by atoms with Crippen LogP contribution in [0.15, 0.2) is 24.5 Å². The summed E-state index contributed by atoms with van der Waals surface area (Å²) in [5, 5.41) is 3.14. The number of ether oxygens (including phenoxy) is 1. The van der Waals surface area contributed by atoms with E-state index in [2.05, 4.69) is 15.3 Å². The number of benzene rings is 1. The number of anilines is 1. The fourth-order valence-corrected chi connectivity index (χ4v) is 1.94. The van der Waals surface area contributed by atoms with Crippen molar-refractivity contribution in [1.29, 1.82) is 0 Å². The zero-order chi connectivity index (χ0) is 15.4. The minimum atomic E-state index is -0.959. The summed E-state index contributed by atoms with van der Waals surface area (Å²) in [4.78, 5) is 8.29. The average Bonchev–Trinajstić information content (AvgIpc) is 2.43. The number of nitrogens with one attached hydrogen (secondary N) is 1. The molecule has 112 valence electrons. The molecule has 1 aromatic carbocycles. The molecule has 21 heavy (non-hydrogen) atoms. The smallest absolute Gasteiger partial charge is 0.227 e. The lowest BCUT2D eigenvalue weighted by Crippen LogP contribution is -2.07. The van der Waals surface area contributed by atoms with Gasteiger partial charge in [-0.25, -0.2) is 18.7 Å². The van der Waals surface area contributed by atoms with Crippen LogP contribution >= 0.6 is 0 Å². The third kappa shape index (κ3) is 3.45. The van der Waals surface area contributed by atoms with Crippen molar-refractivity contribution < 1.29 is 13.5 Å². The predicted molar refractivity (Wildman–Crippen MR) is 76.7 cm³/mol. The average molecular weight is 293 g/mol. The van der Waals surface area contributed by atoms with E-state index in [4.69, 9.17) is 4.74 Å². The first-order chi connectivity index (χ1) is 10.0. The molecule has 0 aliphatic carbocycles. The van der Waals surface area contributed by atoms with Crippen LogP contribution in [0.5, 0.6) is 11.6 Å². The van der Waals surface area contributed by atoms with Crippen molar-refractivity contribution in [2.45, 2.75) is 26.7 Å². The Balaban J connectivity index is 2.38. The van der Waals surface area contributed by atoms with E-state index in [-0.39, 0.29) is 11.7 Å². The Hall–Kier alpha value is -2.24. The van der Waals surface area contributed by atoms with Crippen LogP contribution in [0, 0.1) is 11.6 Å². The second-order valence-electron chi connectivity index (χ2n) is 4.80. The molecule has 0 bridgehead atoms. The molecule has 1 aromatic heterocycles. The predicted octanol–water partition coefficient (Wildman–Crippen LogP) is 4.10. The molecule has 1 heterocycles. The van der Waals surface area contributed by atoms with Gasteiger partial charge in [-0.05, 0) is 25.0 Å². The second kappa shape index (κ2) is 6.47. The molecule has 0 fully saturated rings. The van der Waals surface area contributed by atoms with Gasteiger partial charge in [0.05, 0.1) is 5.56 Å². The van der Waals surface area contributed by atoms with E-state index in [0.717, 1.165) is 17.7 Å². The van der Waals surface area contributed by atoms with Crippen LogP contribution in [0.3, 0.4) is 0 Å². The van der Waals surface area contributed by atoms with Crippen LogP contribution < -0.4 is 10.1 Å². The maximum absolute atomic E-state index is 13.2. The van der Waals surface area contributed by atoms with Crippen molar-refractivity contribution in [2.75, 3.05) is 11.9 Å². The lowest BCUT2D eigenvalue weighted by Gasteiger charge is -2.16. The minimum absolute atomic E-state index is 0.112. The van der Waals surface area contributed by atoms with Gasteiger partial charge < -0.3 is 10.1 Å². The molecule has 1 N–H and O–H groups in total. The zero-order valence-electron chi connectivity index (χ0n) is 12.2. The van der Waals surface area contributed by atoms with Crippen molar-refractivity contribution in [3.63, 3.8) is 0 Å². The van der Waals surface area contributed by atoms with Crippen LogP contribution in [-0.2, 0) is 0 Å². The standard InChI is InChI=1S/C15H17F2N3O/c1-4-18-14-13(9(2)3)15(20-8-19-14)21-10-5-6-11(16)12(17)7-10/h5-9H,4H2,1-3H3,(H,18,19,20). The largest absolute Gasteiger partial charge is 0.438 e. The van der Waals surface area contributed by atoms with Crippen molar-refractivity contribution in [3.05, 3.63) is 41.7 Å². The van der Waals surface area contributed by atoms with Crippen LogP contribution in [0.2, 0.25) is 0 Å². The number of aromatic nitrogens is 2. The van der Waals surface area contributed by atoms with Crippen LogP contribution in [0.1, 0.15) is 32.3 Å². The molecular weight excluding hydrogens is 276 g/mol. The summed E-state index contributed by atoms with van der Waals surface area (Å²) in [5.41, 5.74) is 0.795. The topological polar surface area (TPSA) is 47.0 Å². The highest BCUT2D eigenvalue weighted by Gasteiger charge is 2.17. The normalized spacial score (nSPS) is 10.8. The molecule has 0 radical (unpaired) electrons. The van der Waals surface area contributed by atoms with E-state index in [1.807, 2.05) is 20.8 Å². The van der Waals surface area contributed by atoms with Crippen molar-refractivity contribution in [2.24, 2.45) is 0 Å². The molecule has 0 aliphatic heterocycles. The minimum Gasteiger partial charge on any atom is -0.438 e. The summed E-state index contributed by atoms with van der Waals surface area (Å²) < 4.78 is 31.8. The lowest BCUT2D eigenvalue weighted by atomic mass is 10.1. The highest BCUT2D eigenvalue weighted by Crippen LogP contribution is 2.33. The number of halogens is 2. The molecule has 2 aromatic rings. The van der Waals surface area contributed by atoms with Gasteiger partial charge in [0, 0.05) is 12.6 Å².